The molecule has 112 valence electrons. The van der Waals surface area contributed by atoms with Crippen LogP contribution < -0.4 is 4.74 Å². The third kappa shape index (κ3) is 3.77. The Morgan fingerprint density at radius 2 is 2.24 bits per heavy atom. The van der Waals surface area contributed by atoms with Gasteiger partial charge in [-0.3, -0.25) is 10.1 Å². The lowest BCUT2D eigenvalue weighted by molar-refractivity contribution is -0.386. The van der Waals surface area contributed by atoms with Gasteiger partial charge in [-0.05, 0) is 11.6 Å². The van der Waals surface area contributed by atoms with E-state index in [1.165, 1.54) is 12.1 Å². The van der Waals surface area contributed by atoms with Gasteiger partial charge in [0.1, 0.15) is 6.61 Å². The molecule has 6 nitrogen and oxygen atoms in total. The molecule has 2 aromatic rings. The van der Waals surface area contributed by atoms with Gasteiger partial charge in [-0.15, -0.1) is 11.3 Å². The molecule has 1 aromatic carbocycles. The second kappa shape index (κ2) is 6.64. The molecule has 0 bridgehead atoms. The standard InChI is InChI=1S/C14H16N2O4S/c1-9(2)14-15-11(8-21-14)7-20-13-4-3-10(6-17)5-12(13)16(18)19/h3-5,8-9,17H,6-7H2,1-2H3. The van der Waals surface area contributed by atoms with Gasteiger partial charge in [0.05, 0.1) is 22.2 Å². The fourth-order valence-electron chi connectivity index (χ4n) is 1.73. The fraction of sp³-hybridized carbons (Fsp3) is 0.357. The summed E-state index contributed by atoms with van der Waals surface area (Å²) in [4.78, 5) is 14.9. The van der Waals surface area contributed by atoms with Crippen LogP contribution in [0.1, 0.15) is 36.0 Å². The Kier molecular flexibility index (Phi) is 4.87. The third-order valence-electron chi connectivity index (χ3n) is 2.84. The van der Waals surface area contributed by atoms with E-state index < -0.39 is 4.92 Å². The van der Waals surface area contributed by atoms with E-state index in [1.54, 1.807) is 17.4 Å². The van der Waals surface area contributed by atoms with E-state index in [-0.39, 0.29) is 24.7 Å². The van der Waals surface area contributed by atoms with Crippen molar-refractivity contribution in [1.82, 2.24) is 4.98 Å². The number of hydrogen-bond acceptors (Lipinski definition) is 6. The van der Waals surface area contributed by atoms with Crippen LogP contribution in [0.15, 0.2) is 23.6 Å². The summed E-state index contributed by atoms with van der Waals surface area (Å²) in [6, 6.07) is 4.41. The van der Waals surface area contributed by atoms with E-state index >= 15 is 0 Å². The van der Waals surface area contributed by atoms with E-state index in [4.69, 9.17) is 9.84 Å². The molecule has 0 aliphatic heterocycles. The molecule has 7 heteroatoms. The van der Waals surface area contributed by atoms with Crippen LogP contribution >= 0.6 is 11.3 Å². The van der Waals surface area contributed by atoms with Crippen molar-refractivity contribution in [2.24, 2.45) is 0 Å². The first-order valence-corrected chi connectivity index (χ1v) is 7.34. The van der Waals surface area contributed by atoms with Gasteiger partial charge in [-0.1, -0.05) is 19.9 Å². The first-order chi connectivity index (χ1) is 10.0. The van der Waals surface area contributed by atoms with Crippen LogP contribution in [-0.2, 0) is 13.2 Å². The number of ether oxygens (including phenoxy) is 1. The molecule has 0 atom stereocenters. The normalized spacial score (nSPS) is 10.9. The molecule has 0 spiro atoms. The lowest BCUT2D eigenvalue weighted by Crippen LogP contribution is -2.01. The minimum Gasteiger partial charge on any atom is -0.480 e. The molecule has 0 radical (unpaired) electrons. The first-order valence-electron chi connectivity index (χ1n) is 6.46. The molecule has 0 aliphatic rings. The van der Waals surface area contributed by atoms with E-state index in [2.05, 4.69) is 18.8 Å². The maximum Gasteiger partial charge on any atom is 0.311 e. The smallest absolute Gasteiger partial charge is 0.311 e. The van der Waals surface area contributed by atoms with E-state index in [9.17, 15) is 10.1 Å². The number of thiazole rings is 1. The summed E-state index contributed by atoms with van der Waals surface area (Å²) >= 11 is 1.55. The van der Waals surface area contributed by atoms with Crippen molar-refractivity contribution >= 4 is 17.0 Å². The lowest BCUT2D eigenvalue weighted by Gasteiger charge is -2.06. The van der Waals surface area contributed by atoms with Gasteiger partial charge in [0.15, 0.2) is 5.75 Å². The highest BCUT2D eigenvalue weighted by Gasteiger charge is 2.16. The van der Waals surface area contributed by atoms with Crippen LogP contribution in [0.3, 0.4) is 0 Å². The largest absolute Gasteiger partial charge is 0.480 e. The van der Waals surface area contributed by atoms with Crippen molar-refractivity contribution in [3.63, 3.8) is 0 Å². The number of aromatic nitrogens is 1. The number of hydrogen-bond donors (Lipinski definition) is 1. The average Bonchev–Trinajstić information content (AvgIpc) is 2.94. The Bertz CT molecular complexity index is 640. The molecule has 1 heterocycles. The maximum absolute atomic E-state index is 11.0. The highest BCUT2D eigenvalue weighted by molar-refractivity contribution is 7.09. The zero-order valence-electron chi connectivity index (χ0n) is 11.8. The van der Waals surface area contributed by atoms with Gasteiger partial charge in [0.2, 0.25) is 0 Å². The molecular formula is C14H16N2O4S. The topological polar surface area (TPSA) is 85.5 Å². The van der Waals surface area contributed by atoms with E-state index in [0.29, 0.717) is 11.5 Å². The SMILES string of the molecule is CC(C)c1nc(COc2ccc(CO)cc2[N+](=O)[O-])cs1. The summed E-state index contributed by atoms with van der Waals surface area (Å²) in [7, 11) is 0. The number of aliphatic hydroxyl groups is 1. The Hall–Kier alpha value is -1.99. The molecule has 2 rings (SSSR count). The molecular weight excluding hydrogens is 292 g/mol. The minimum atomic E-state index is -0.519. The fourth-order valence-corrected chi connectivity index (χ4v) is 2.55. The minimum absolute atomic E-state index is 0.152. The van der Waals surface area contributed by atoms with Crippen molar-refractivity contribution in [1.29, 1.82) is 0 Å². The van der Waals surface area contributed by atoms with Gasteiger partial charge in [-0.2, -0.15) is 0 Å². The van der Waals surface area contributed by atoms with Gasteiger partial charge < -0.3 is 9.84 Å². The number of benzene rings is 1. The van der Waals surface area contributed by atoms with Crippen molar-refractivity contribution in [3.8, 4) is 5.75 Å². The Balaban J connectivity index is 2.13. The van der Waals surface area contributed by atoms with Crippen LogP contribution in [0.5, 0.6) is 5.75 Å². The molecule has 0 saturated heterocycles. The first kappa shape index (κ1) is 15.4. The molecule has 1 N–H and O–H groups in total. The van der Waals surface area contributed by atoms with Gasteiger partial charge in [0, 0.05) is 17.4 Å². The predicted octanol–water partition coefficient (Wildman–Crippen LogP) is 3.25. The molecule has 0 fully saturated rings. The molecule has 0 unspecified atom stereocenters. The van der Waals surface area contributed by atoms with Gasteiger partial charge in [-0.25, -0.2) is 4.98 Å². The summed E-state index contributed by atoms with van der Waals surface area (Å²) in [5.74, 6) is 0.526. The van der Waals surface area contributed by atoms with Crippen LogP contribution in [0.25, 0.3) is 0 Å². The lowest BCUT2D eigenvalue weighted by atomic mass is 10.2. The van der Waals surface area contributed by atoms with Crippen LogP contribution in [0, 0.1) is 10.1 Å². The summed E-state index contributed by atoms with van der Waals surface area (Å²) in [5, 5.41) is 23.0. The Labute approximate surface area is 126 Å². The molecule has 0 aliphatic carbocycles. The third-order valence-corrected chi connectivity index (χ3v) is 4.04. The van der Waals surface area contributed by atoms with Crippen LogP contribution in [0.2, 0.25) is 0 Å². The number of aliphatic hydroxyl groups excluding tert-OH is 1. The van der Waals surface area contributed by atoms with Crippen LogP contribution in [-0.4, -0.2) is 15.0 Å². The summed E-state index contributed by atoms with van der Waals surface area (Å²) in [6.45, 7) is 4.05. The Morgan fingerprint density at radius 3 is 2.81 bits per heavy atom. The summed E-state index contributed by atoms with van der Waals surface area (Å²) in [5.41, 5.74) is 1.08. The number of nitrogens with zero attached hydrogens (tertiary/aromatic N) is 2. The second-order valence-corrected chi connectivity index (χ2v) is 5.73. The zero-order valence-corrected chi connectivity index (χ0v) is 12.6. The van der Waals surface area contributed by atoms with E-state index in [1.807, 2.05) is 5.38 Å². The summed E-state index contributed by atoms with van der Waals surface area (Å²) < 4.78 is 5.50. The molecule has 1 aromatic heterocycles. The molecule has 0 amide bonds. The van der Waals surface area contributed by atoms with E-state index in [0.717, 1.165) is 10.7 Å². The molecule has 0 saturated carbocycles. The van der Waals surface area contributed by atoms with Crippen molar-refractivity contribution in [2.45, 2.75) is 33.0 Å². The maximum atomic E-state index is 11.0. The van der Waals surface area contributed by atoms with Gasteiger partial charge in [0.25, 0.3) is 0 Å². The highest BCUT2D eigenvalue weighted by atomic mass is 32.1. The number of rotatable bonds is 6. The quantitative estimate of drug-likeness (QED) is 0.654. The van der Waals surface area contributed by atoms with Crippen LogP contribution in [0.4, 0.5) is 5.69 Å². The van der Waals surface area contributed by atoms with Crippen molar-refractivity contribution in [3.05, 3.63) is 50.0 Å². The monoisotopic (exact) mass is 308 g/mol. The Morgan fingerprint density at radius 1 is 1.48 bits per heavy atom. The predicted molar refractivity (Wildman–Crippen MR) is 79.6 cm³/mol. The highest BCUT2D eigenvalue weighted by Crippen LogP contribution is 2.29. The number of nitro groups is 1. The summed E-state index contributed by atoms with van der Waals surface area (Å²) in [6.07, 6.45) is 0. The number of nitro benzene ring substituents is 1. The average molecular weight is 308 g/mol. The van der Waals surface area contributed by atoms with Crippen molar-refractivity contribution < 1.29 is 14.8 Å². The zero-order chi connectivity index (χ0) is 15.4. The molecule has 21 heavy (non-hydrogen) atoms. The van der Waals surface area contributed by atoms with Crippen molar-refractivity contribution in [2.75, 3.05) is 0 Å². The van der Waals surface area contributed by atoms with Gasteiger partial charge >= 0.3 is 5.69 Å². The second-order valence-electron chi connectivity index (χ2n) is 4.84.